The molecule has 0 saturated heterocycles. The van der Waals surface area contributed by atoms with Crippen LogP contribution in [0, 0.1) is 5.82 Å². The van der Waals surface area contributed by atoms with Crippen LogP contribution in [0.25, 0.3) is 0 Å². The second-order valence-corrected chi connectivity index (χ2v) is 7.49. The van der Waals surface area contributed by atoms with Crippen molar-refractivity contribution in [1.29, 1.82) is 0 Å². The first-order chi connectivity index (χ1) is 15.3. The monoisotopic (exact) mass is 503 g/mol. The van der Waals surface area contributed by atoms with Gasteiger partial charge in [0, 0.05) is 12.3 Å². The van der Waals surface area contributed by atoms with Gasteiger partial charge < -0.3 is 15.4 Å². The summed E-state index contributed by atoms with van der Waals surface area (Å²) in [6.45, 7) is 1.53. The quantitative estimate of drug-likeness (QED) is 0.457. The molecule has 0 aliphatic heterocycles. The predicted octanol–water partition coefficient (Wildman–Crippen LogP) is 3.42. The smallest absolute Gasteiger partial charge is 0.408 e. The molecule has 32 heavy (non-hydrogen) atoms. The van der Waals surface area contributed by atoms with E-state index in [4.69, 9.17) is 4.74 Å². The molecule has 9 nitrogen and oxygen atoms in total. The zero-order chi connectivity index (χ0) is 23.1. The van der Waals surface area contributed by atoms with Crippen LogP contribution in [0.1, 0.15) is 23.0 Å². The van der Waals surface area contributed by atoms with Gasteiger partial charge in [0.1, 0.15) is 24.2 Å². The Balaban J connectivity index is 1.58. The van der Waals surface area contributed by atoms with Crippen LogP contribution in [-0.2, 0) is 16.1 Å². The van der Waals surface area contributed by atoms with Gasteiger partial charge in [0.25, 0.3) is 11.8 Å². The van der Waals surface area contributed by atoms with Crippen LogP contribution < -0.4 is 16.1 Å². The second-order valence-electron chi connectivity index (χ2n) is 6.63. The zero-order valence-electron chi connectivity index (χ0n) is 16.8. The predicted molar refractivity (Wildman–Crippen MR) is 118 cm³/mol. The van der Waals surface area contributed by atoms with Crippen LogP contribution >= 0.6 is 15.9 Å². The maximum atomic E-state index is 13.3. The van der Waals surface area contributed by atoms with E-state index < -0.39 is 29.8 Å². The molecule has 0 radical (unpaired) electrons. The van der Waals surface area contributed by atoms with E-state index in [0.29, 0.717) is 4.47 Å². The number of hydrogen-bond acceptors (Lipinski definition) is 5. The Kier molecular flexibility index (Phi) is 7.55. The summed E-state index contributed by atoms with van der Waals surface area (Å²) in [5.41, 5.74) is 3.53. The van der Waals surface area contributed by atoms with Gasteiger partial charge in [-0.2, -0.15) is 0 Å². The van der Waals surface area contributed by atoms with Gasteiger partial charge in [0.05, 0.1) is 22.6 Å². The number of carbonyl (C=O) groups is 3. The third-order valence-electron chi connectivity index (χ3n) is 4.19. The number of aromatic nitrogens is 2. The van der Waals surface area contributed by atoms with Crippen molar-refractivity contribution in [2.75, 3.05) is 10.7 Å². The lowest BCUT2D eigenvalue weighted by atomic mass is 10.2. The Hall–Kier alpha value is -3.73. The largest absolute Gasteiger partial charge is 0.445 e. The summed E-state index contributed by atoms with van der Waals surface area (Å²) in [5.74, 6) is -1.81. The van der Waals surface area contributed by atoms with E-state index in [1.165, 1.54) is 24.0 Å². The molecule has 0 aliphatic carbocycles. The Morgan fingerprint density at radius 1 is 1.19 bits per heavy atom. The number of halogens is 2. The maximum Gasteiger partial charge on any atom is 0.408 e. The summed E-state index contributed by atoms with van der Waals surface area (Å²) in [6.07, 6.45) is 2.98. The molecular weight excluding hydrogens is 485 g/mol. The Labute approximate surface area is 191 Å². The van der Waals surface area contributed by atoms with Crippen LogP contribution in [0.2, 0.25) is 0 Å². The second kappa shape index (κ2) is 10.5. The number of alkyl carbamates (subject to hydrolysis) is 1. The van der Waals surface area contributed by atoms with Crippen molar-refractivity contribution < 1.29 is 23.5 Å². The van der Waals surface area contributed by atoms with E-state index in [1.807, 2.05) is 18.2 Å². The fourth-order valence-electron chi connectivity index (χ4n) is 2.61. The van der Waals surface area contributed by atoms with Crippen LogP contribution in [0.5, 0.6) is 0 Å². The maximum absolute atomic E-state index is 13.3. The SMILES string of the molecule is C[C@H](NC(=O)OCc1ccccc1)C(=O)Nn1ccc(Br)c1C(=O)Nc1cncc(F)c1. The number of nitrogens with one attached hydrogen (secondary N) is 3. The van der Waals surface area contributed by atoms with Gasteiger partial charge in [0.2, 0.25) is 0 Å². The van der Waals surface area contributed by atoms with Crippen molar-refractivity contribution in [2.24, 2.45) is 0 Å². The average molecular weight is 504 g/mol. The van der Waals surface area contributed by atoms with Crippen LogP contribution in [-0.4, -0.2) is 33.6 Å². The van der Waals surface area contributed by atoms with Gasteiger partial charge in [-0.25, -0.2) is 9.18 Å². The van der Waals surface area contributed by atoms with Crippen molar-refractivity contribution in [3.8, 4) is 0 Å². The molecule has 1 aromatic carbocycles. The van der Waals surface area contributed by atoms with Crippen LogP contribution in [0.4, 0.5) is 14.9 Å². The number of nitrogens with zero attached hydrogens (tertiary/aromatic N) is 2. The first kappa shape index (κ1) is 22.9. The van der Waals surface area contributed by atoms with Crippen LogP contribution in [0.3, 0.4) is 0 Å². The van der Waals surface area contributed by atoms with Crippen molar-refractivity contribution in [2.45, 2.75) is 19.6 Å². The molecule has 0 unspecified atom stereocenters. The number of ether oxygens (including phenoxy) is 1. The molecule has 3 N–H and O–H groups in total. The molecule has 0 fully saturated rings. The van der Waals surface area contributed by atoms with Crippen molar-refractivity contribution in [3.63, 3.8) is 0 Å². The summed E-state index contributed by atoms with van der Waals surface area (Å²) in [6, 6.07) is 10.8. The number of benzene rings is 1. The topological polar surface area (TPSA) is 114 Å². The van der Waals surface area contributed by atoms with Crippen molar-refractivity contribution in [3.05, 3.63) is 82.6 Å². The van der Waals surface area contributed by atoms with E-state index in [9.17, 15) is 18.8 Å². The van der Waals surface area contributed by atoms with Gasteiger partial charge in [-0.15, -0.1) is 0 Å². The number of carbonyl (C=O) groups excluding carboxylic acids is 3. The fourth-order valence-corrected chi connectivity index (χ4v) is 3.10. The summed E-state index contributed by atoms with van der Waals surface area (Å²) >= 11 is 3.24. The Morgan fingerprint density at radius 2 is 1.94 bits per heavy atom. The van der Waals surface area contributed by atoms with Gasteiger partial charge in [0.15, 0.2) is 0 Å². The van der Waals surface area contributed by atoms with Gasteiger partial charge in [-0.1, -0.05) is 30.3 Å². The molecule has 3 rings (SSSR count). The van der Waals surface area contributed by atoms with E-state index in [2.05, 4.69) is 37.0 Å². The lowest BCUT2D eigenvalue weighted by Crippen LogP contribution is -2.44. The Bertz CT molecular complexity index is 1120. The number of rotatable bonds is 7. The summed E-state index contributed by atoms with van der Waals surface area (Å²) in [7, 11) is 0. The highest BCUT2D eigenvalue weighted by Crippen LogP contribution is 2.19. The zero-order valence-corrected chi connectivity index (χ0v) is 18.4. The average Bonchev–Trinajstić information content (AvgIpc) is 3.13. The van der Waals surface area contributed by atoms with E-state index in [1.54, 1.807) is 18.2 Å². The molecule has 0 bridgehead atoms. The molecular formula is C21H19BrFN5O4. The molecule has 11 heteroatoms. The molecule has 3 aromatic rings. The number of anilines is 1. The molecule has 3 amide bonds. The summed E-state index contributed by atoms with van der Waals surface area (Å²) in [4.78, 5) is 40.8. The minimum absolute atomic E-state index is 0.0569. The van der Waals surface area contributed by atoms with Gasteiger partial charge in [-0.3, -0.25) is 24.7 Å². The third-order valence-corrected chi connectivity index (χ3v) is 4.83. The minimum Gasteiger partial charge on any atom is -0.445 e. The van der Waals surface area contributed by atoms with E-state index in [0.717, 1.165) is 17.8 Å². The number of pyridine rings is 1. The molecule has 0 aliphatic rings. The van der Waals surface area contributed by atoms with Crippen molar-refractivity contribution >= 4 is 39.5 Å². The normalized spacial score (nSPS) is 11.3. The Morgan fingerprint density at radius 3 is 2.66 bits per heavy atom. The van der Waals surface area contributed by atoms with Crippen molar-refractivity contribution in [1.82, 2.24) is 15.0 Å². The molecule has 166 valence electrons. The van der Waals surface area contributed by atoms with E-state index in [-0.39, 0.29) is 18.0 Å². The molecule has 1 atom stereocenters. The molecule has 2 aromatic heterocycles. The first-order valence-corrected chi connectivity index (χ1v) is 10.2. The highest BCUT2D eigenvalue weighted by Gasteiger charge is 2.21. The van der Waals surface area contributed by atoms with Gasteiger partial charge >= 0.3 is 6.09 Å². The highest BCUT2D eigenvalue weighted by molar-refractivity contribution is 9.10. The van der Waals surface area contributed by atoms with Crippen LogP contribution in [0.15, 0.2) is 65.5 Å². The van der Waals surface area contributed by atoms with Gasteiger partial charge in [-0.05, 0) is 34.5 Å². The molecule has 2 heterocycles. The molecule has 0 spiro atoms. The first-order valence-electron chi connectivity index (χ1n) is 9.40. The standard InChI is InChI=1S/C21H19BrFN5O4/c1-13(25-21(31)32-12-14-5-3-2-4-6-14)19(29)27-28-8-7-17(22)18(28)20(30)26-16-9-15(23)10-24-11-16/h2-11,13H,12H2,1H3,(H,25,31)(H,26,30)(H,27,29)/t13-/m0/s1. The lowest BCUT2D eigenvalue weighted by Gasteiger charge is -2.16. The fraction of sp³-hybridized carbons (Fsp3) is 0.143. The lowest BCUT2D eigenvalue weighted by molar-refractivity contribution is -0.118. The summed E-state index contributed by atoms with van der Waals surface area (Å²) < 4.78 is 20.0. The minimum atomic E-state index is -0.956. The number of amides is 3. The molecule has 0 saturated carbocycles. The van der Waals surface area contributed by atoms with E-state index >= 15 is 0 Å². The third kappa shape index (κ3) is 6.14. The highest BCUT2D eigenvalue weighted by atomic mass is 79.9. The number of hydrogen-bond donors (Lipinski definition) is 3. The summed E-state index contributed by atoms with van der Waals surface area (Å²) in [5, 5.41) is 4.92.